The third-order valence-electron chi connectivity index (χ3n) is 3.20. The van der Waals surface area contributed by atoms with Crippen LogP contribution in [0.15, 0.2) is 53.4 Å². The van der Waals surface area contributed by atoms with Gasteiger partial charge < -0.3 is 15.4 Å². The molecule has 0 saturated heterocycles. The maximum atomic E-state index is 12.1. The average Bonchev–Trinajstić information content (AvgIpc) is 2.58. The van der Waals surface area contributed by atoms with Gasteiger partial charge >= 0.3 is 5.97 Å². The first-order chi connectivity index (χ1) is 12.0. The van der Waals surface area contributed by atoms with Crippen molar-refractivity contribution in [2.45, 2.75) is 11.8 Å². The fraction of sp³-hybridized carbons (Fsp3) is 0.167. The van der Waals surface area contributed by atoms with Crippen molar-refractivity contribution in [2.75, 3.05) is 13.1 Å². The lowest BCUT2D eigenvalue weighted by molar-refractivity contribution is -0.131. The fourth-order valence-electron chi connectivity index (χ4n) is 2.08. The van der Waals surface area contributed by atoms with Crippen molar-refractivity contribution in [3.05, 3.63) is 59.7 Å². The van der Waals surface area contributed by atoms with Crippen molar-refractivity contribution >= 4 is 30.4 Å². The number of esters is 1. The molecule has 2 aromatic carbocycles. The second kappa shape index (κ2) is 8.89. The molecule has 0 saturated carbocycles. The molecule has 0 fully saturated rings. The Bertz CT molecular complexity index is 792. The van der Waals surface area contributed by atoms with Gasteiger partial charge in [-0.15, -0.1) is 12.6 Å². The van der Waals surface area contributed by atoms with E-state index in [0.717, 1.165) is 0 Å². The van der Waals surface area contributed by atoms with Crippen LogP contribution in [0.1, 0.15) is 27.6 Å². The van der Waals surface area contributed by atoms with Gasteiger partial charge in [0.2, 0.25) is 0 Å². The van der Waals surface area contributed by atoms with E-state index in [9.17, 15) is 14.4 Å². The first-order valence-corrected chi connectivity index (χ1v) is 8.05. The summed E-state index contributed by atoms with van der Waals surface area (Å²) in [4.78, 5) is 35.6. The molecule has 0 unspecified atom stereocenters. The van der Waals surface area contributed by atoms with Crippen molar-refractivity contribution in [1.82, 2.24) is 10.6 Å². The van der Waals surface area contributed by atoms with Gasteiger partial charge in [0.15, 0.2) is 0 Å². The van der Waals surface area contributed by atoms with Crippen LogP contribution in [0.25, 0.3) is 0 Å². The molecule has 25 heavy (non-hydrogen) atoms. The Morgan fingerprint density at radius 3 is 2.32 bits per heavy atom. The maximum absolute atomic E-state index is 12.1. The van der Waals surface area contributed by atoms with Gasteiger partial charge in [-0.3, -0.25) is 14.4 Å². The number of hydrogen-bond acceptors (Lipinski definition) is 5. The van der Waals surface area contributed by atoms with E-state index in [2.05, 4.69) is 23.3 Å². The van der Waals surface area contributed by atoms with Crippen LogP contribution in [0.4, 0.5) is 0 Å². The minimum Gasteiger partial charge on any atom is -0.427 e. The predicted molar refractivity (Wildman–Crippen MR) is 96.1 cm³/mol. The van der Waals surface area contributed by atoms with Crippen LogP contribution >= 0.6 is 12.6 Å². The molecule has 0 heterocycles. The monoisotopic (exact) mass is 358 g/mol. The van der Waals surface area contributed by atoms with Gasteiger partial charge in [0, 0.05) is 30.5 Å². The largest absolute Gasteiger partial charge is 0.427 e. The van der Waals surface area contributed by atoms with Crippen molar-refractivity contribution in [2.24, 2.45) is 0 Å². The van der Waals surface area contributed by atoms with E-state index in [-0.39, 0.29) is 24.9 Å². The van der Waals surface area contributed by atoms with Crippen molar-refractivity contribution < 1.29 is 19.1 Å². The molecule has 2 N–H and O–H groups in total. The van der Waals surface area contributed by atoms with Gasteiger partial charge in [0.1, 0.15) is 5.75 Å². The first kappa shape index (κ1) is 18.5. The van der Waals surface area contributed by atoms with E-state index in [1.807, 2.05) is 0 Å². The lowest BCUT2D eigenvalue weighted by Gasteiger charge is -2.09. The summed E-state index contributed by atoms with van der Waals surface area (Å²) in [6.45, 7) is 1.83. The molecule has 130 valence electrons. The Labute approximate surface area is 151 Å². The van der Waals surface area contributed by atoms with Crippen LogP contribution in [-0.4, -0.2) is 30.9 Å². The van der Waals surface area contributed by atoms with Gasteiger partial charge in [0.05, 0.1) is 5.56 Å². The van der Waals surface area contributed by atoms with E-state index >= 15 is 0 Å². The van der Waals surface area contributed by atoms with Gasteiger partial charge in [-0.2, -0.15) is 0 Å². The molecule has 6 nitrogen and oxygen atoms in total. The number of rotatable bonds is 6. The van der Waals surface area contributed by atoms with Crippen LogP contribution in [0, 0.1) is 0 Å². The highest BCUT2D eigenvalue weighted by molar-refractivity contribution is 7.80. The summed E-state index contributed by atoms with van der Waals surface area (Å²) in [5.41, 5.74) is 0.844. The normalized spacial score (nSPS) is 10.0. The third-order valence-corrected chi connectivity index (χ3v) is 3.59. The van der Waals surface area contributed by atoms with E-state index in [0.29, 0.717) is 21.8 Å². The Morgan fingerprint density at radius 2 is 1.64 bits per heavy atom. The number of carbonyl (C=O) groups is 3. The average molecular weight is 358 g/mol. The Balaban J connectivity index is 1.82. The fourth-order valence-corrected chi connectivity index (χ4v) is 2.34. The standard InChI is InChI=1S/C18H18N2O4S/c1-12(21)24-14-6-4-5-13(11-14)17(22)19-9-10-20-18(23)15-7-2-3-8-16(15)25/h2-8,11,25H,9-10H2,1H3,(H,19,22)(H,20,23). The Morgan fingerprint density at radius 1 is 0.960 bits per heavy atom. The Hall–Kier alpha value is -2.80. The van der Waals surface area contributed by atoms with Gasteiger partial charge in [0.25, 0.3) is 11.8 Å². The molecule has 0 spiro atoms. The lowest BCUT2D eigenvalue weighted by Crippen LogP contribution is -2.34. The van der Waals surface area contributed by atoms with Gasteiger partial charge in [-0.25, -0.2) is 0 Å². The molecule has 2 rings (SSSR count). The quantitative estimate of drug-likeness (QED) is 0.319. The van der Waals surface area contributed by atoms with E-state index < -0.39 is 5.97 Å². The topological polar surface area (TPSA) is 84.5 Å². The molecule has 0 aliphatic rings. The highest BCUT2D eigenvalue weighted by atomic mass is 32.1. The highest BCUT2D eigenvalue weighted by Gasteiger charge is 2.09. The summed E-state index contributed by atoms with van der Waals surface area (Å²) in [5.74, 6) is -0.724. The molecule has 0 bridgehead atoms. The third kappa shape index (κ3) is 5.65. The van der Waals surface area contributed by atoms with E-state index in [1.165, 1.54) is 13.0 Å². The molecule has 0 aromatic heterocycles. The van der Waals surface area contributed by atoms with E-state index in [4.69, 9.17) is 4.74 Å². The number of nitrogens with one attached hydrogen (secondary N) is 2. The lowest BCUT2D eigenvalue weighted by atomic mass is 10.2. The highest BCUT2D eigenvalue weighted by Crippen LogP contribution is 2.14. The number of amides is 2. The number of hydrogen-bond donors (Lipinski definition) is 3. The second-order valence-corrected chi connectivity index (χ2v) is 5.63. The Kier molecular flexibility index (Phi) is 6.59. The molecular weight excluding hydrogens is 340 g/mol. The minimum atomic E-state index is -0.454. The zero-order valence-electron chi connectivity index (χ0n) is 13.6. The van der Waals surface area contributed by atoms with Crippen LogP contribution in [0.5, 0.6) is 5.75 Å². The second-order valence-electron chi connectivity index (χ2n) is 5.15. The van der Waals surface area contributed by atoms with Crippen LogP contribution in [0.3, 0.4) is 0 Å². The van der Waals surface area contributed by atoms with Crippen LogP contribution < -0.4 is 15.4 Å². The van der Waals surface area contributed by atoms with Crippen molar-refractivity contribution in [3.63, 3.8) is 0 Å². The van der Waals surface area contributed by atoms with Gasteiger partial charge in [-0.05, 0) is 30.3 Å². The number of carbonyl (C=O) groups excluding carboxylic acids is 3. The summed E-state index contributed by atoms with van der Waals surface area (Å²) >= 11 is 4.23. The molecule has 0 aliphatic carbocycles. The molecule has 7 heteroatoms. The number of thiol groups is 1. The molecular formula is C18H18N2O4S. The minimum absolute atomic E-state index is 0.253. The maximum Gasteiger partial charge on any atom is 0.308 e. The summed E-state index contributed by atoms with van der Waals surface area (Å²) in [7, 11) is 0. The van der Waals surface area contributed by atoms with E-state index in [1.54, 1.807) is 42.5 Å². The number of benzene rings is 2. The summed E-state index contributed by atoms with van der Waals surface area (Å²) in [6, 6.07) is 13.3. The van der Waals surface area contributed by atoms with Crippen molar-refractivity contribution in [1.29, 1.82) is 0 Å². The molecule has 0 atom stereocenters. The van der Waals surface area contributed by atoms with Crippen molar-refractivity contribution in [3.8, 4) is 5.75 Å². The molecule has 0 radical (unpaired) electrons. The smallest absolute Gasteiger partial charge is 0.308 e. The molecule has 0 aliphatic heterocycles. The summed E-state index contributed by atoms with van der Waals surface area (Å²) in [6.07, 6.45) is 0. The molecule has 2 aromatic rings. The molecule has 2 amide bonds. The SMILES string of the molecule is CC(=O)Oc1cccc(C(=O)NCCNC(=O)c2ccccc2S)c1. The summed E-state index contributed by atoms with van der Waals surface area (Å²) < 4.78 is 4.94. The van der Waals surface area contributed by atoms with Crippen LogP contribution in [0.2, 0.25) is 0 Å². The first-order valence-electron chi connectivity index (χ1n) is 7.60. The summed E-state index contributed by atoms with van der Waals surface area (Å²) in [5, 5.41) is 5.40. The zero-order chi connectivity index (χ0) is 18.2. The van der Waals surface area contributed by atoms with Gasteiger partial charge in [-0.1, -0.05) is 18.2 Å². The zero-order valence-corrected chi connectivity index (χ0v) is 14.5. The van der Waals surface area contributed by atoms with Crippen LogP contribution in [-0.2, 0) is 4.79 Å². The number of ether oxygens (including phenoxy) is 1. The predicted octanol–water partition coefficient (Wildman–Crippen LogP) is 2.06.